The predicted molar refractivity (Wildman–Crippen MR) is 73.2 cm³/mol. The summed E-state index contributed by atoms with van der Waals surface area (Å²) >= 11 is 0. The van der Waals surface area contributed by atoms with Crippen LogP contribution in [0.4, 0.5) is 0 Å². The van der Waals surface area contributed by atoms with Crippen molar-refractivity contribution < 1.29 is 18.0 Å². The van der Waals surface area contributed by atoms with E-state index in [0.29, 0.717) is 13.1 Å². The maximum atomic E-state index is 12.2. The van der Waals surface area contributed by atoms with Crippen LogP contribution in [-0.2, 0) is 25.2 Å². The van der Waals surface area contributed by atoms with Crippen LogP contribution < -0.4 is 5.32 Å². The third-order valence-electron chi connectivity index (χ3n) is 3.54. The van der Waals surface area contributed by atoms with Gasteiger partial charge in [-0.15, -0.1) is 5.10 Å². The Balaban J connectivity index is 1.64. The van der Waals surface area contributed by atoms with Crippen LogP contribution in [0.2, 0.25) is 0 Å². The molecule has 22 heavy (non-hydrogen) atoms. The van der Waals surface area contributed by atoms with Gasteiger partial charge in [-0.3, -0.25) is 9.59 Å². The second-order valence-electron chi connectivity index (χ2n) is 5.47. The molecule has 2 fully saturated rings. The molecule has 11 heteroatoms. The van der Waals surface area contributed by atoms with E-state index in [0.717, 1.165) is 12.8 Å². The average Bonchev–Trinajstić information content (AvgIpc) is 3.19. The number of amides is 2. The number of sulfone groups is 1. The fourth-order valence-electron chi connectivity index (χ4n) is 2.29. The third-order valence-corrected chi connectivity index (χ3v) is 4.92. The summed E-state index contributed by atoms with van der Waals surface area (Å²) in [5, 5.41) is 13.6. The van der Waals surface area contributed by atoms with Crippen molar-refractivity contribution in [1.82, 2.24) is 30.4 Å². The number of carbonyl (C=O) groups is 2. The summed E-state index contributed by atoms with van der Waals surface area (Å²) in [7, 11) is -3.69. The number of hydrogen-bond donors (Lipinski definition) is 1. The smallest absolute Gasteiger partial charge is 0.239 e. The lowest BCUT2D eigenvalue weighted by molar-refractivity contribution is -0.136. The summed E-state index contributed by atoms with van der Waals surface area (Å²) in [6, 6.07) is 0.168. The molecule has 2 aliphatic rings. The molecular weight excluding hydrogens is 312 g/mol. The lowest BCUT2D eigenvalue weighted by Gasteiger charge is -2.26. The second kappa shape index (κ2) is 5.63. The van der Waals surface area contributed by atoms with Gasteiger partial charge in [0.1, 0.15) is 11.5 Å². The largest absolute Gasteiger partial charge is 0.353 e. The number of piperazine rings is 1. The van der Waals surface area contributed by atoms with Crippen LogP contribution in [0.15, 0.2) is 0 Å². The van der Waals surface area contributed by atoms with Gasteiger partial charge in [0.15, 0.2) is 15.7 Å². The number of carbonyl (C=O) groups excluding carboxylic acids is 2. The number of hydrogen-bond acceptors (Lipinski definition) is 7. The summed E-state index contributed by atoms with van der Waals surface area (Å²) in [6.45, 7) is 0.554. The first kappa shape index (κ1) is 14.9. The van der Waals surface area contributed by atoms with E-state index in [-0.39, 0.29) is 30.1 Å². The van der Waals surface area contributed by atoms with Gasteiger partial charge in [0.2, 0.25) is 11.8 Å². The van der Waals surface area contributed by atoms with Crippen LogP contribution in [0.5, 0.6) is 0 Å². The second-order valence-corrected chi connectivity index (χ2v) is 7.53. The fourth-order valence-corrected chi connectivity index (χ4v) is 3.53. The fraction of sp³-hybridized carbons (Fsp3) is 0.727. The summed E-state index contributed by atoms with van der Waals surface area (Å²) in [5.41, 5.74) is 0. The first-order valence-electron chi connectivity index (χ1n) is 6.96. The van der Waals surface area contributed by atoms with Gasteiger partial charge in [-0.1, -0.05) is 0 Å². The van der Waals surface area contributed by atoms with Gasteiger partial charge < -0.3 is 10.2 Å². The first-order valence-corrected chi connectivity index (χ1v) is 8.78. The van der Waals surface area contributed by atoms with Crippen LogP contribution >= 0.6 is 0 Å². The molecule has 1 aliphatic carbocycles. The Morgan fingerprint density at radius 3 is 2.82 bits per heavy atom. The van der Waals surface area contributed by atoms with E-state index in [4.69, 9.17) is 0 Å². The molecule has 1 aromatic heterocycles. The van der Waals surface area contributed by atoms with Crippen LogP contribution in [0.25, 0.3) is 0 Å². The van der Waals surface area contributed by atoms with Crippen LogP contribution in [-0.4, -0.2) is 70.7 Å². The Labute approximate surface area is 126 Å². The van der Waals surface area contributed by atoms with Crippen molar-refractivity contribution in [3.05, 3.63) is 5.82 Å². The summed E-state index contributed by atoms with van der Waals surface area (Å²) in [4.78, 5) is 24.5. The maximum Gasteiger partial charge on any atom is 0.239 e. The standard InChI is InChI=1S/C11H16N6O4S/c18-10-5-16(4-3-12-10)11(19)7-22(20,21)6-9-13-14-15-17(9)8-1-2-8/h8H,1-7H2,(H,12,18). The quantitative estimate of drug-likeness (QED) is 0.654. The van der Waals surface area contributed by atoms with Gasteiger partial charge in [-0.05, 0) is 23.3 Å². The molecule has 120 valence electrons. The summed E-state index contributed by atoms with van der Waals surface area (Å²) < 4.78 is 25.9. The van der Waals surface area contributed by atoms with Crippen molar-refractivity contribution >= 4 is 21.7 Å². The molecule has 1 saturated heterocycles. The van der Waals surface area contributed by atoms with E-state index in [2.05, 4.69) is 20.8 Å². The number of nitrogens with one attached hydrogen (secondary N) is 1. The zero-order valence-corrected chi connectivity index (χ0v) is 12.6. The Kier molecular flexibility index (Phi) is 3.81. The predicted octanol–water partition coefficient (Wildman–Crippen LogP) is -2.12. The van der Waals surface area contributed by atoms with Crippen molar-refractivity contribution in [2.24, 2.45) is 0 Å². The van der Waals surface area contributed by atoms with Crippen LogP contribution in [0, 0.1) is 0 Å². The highest BCUT2D eigenvalue weighted by molar-refractivity contribution is 7.91. The van der Waals surface area contributed by atoms with Gasteiger partial charge in [-0.2, -0.15) is 0 Å². The average molecular weight is 328 g/mol. The lowest BCUT2D eigenvalue weighted by Crippen LogP contribution is -2.51. The number of rotatable bonds is 5. The molecule has 1 aliphatic heterocycles. The number of tetrazole rings is 1. The Bertz CT molecular complexity index is 695. The van der Waals surface area contributed by atoms with E-state index in [1.807, 2.05) is 0 Å². The molecule has 0 radical (unpaired) electrons. The Hall–Kier alpha value is -2.04. The number of nitrogens with zero attached hydrogens (tertiary/aromatic N) is 5. The highest BCUT2D eigenvalue weighted by Crippen LogP contribution is 2.34. The molecule has 2 amide bonds. The molecule has 0 atom stereocenters. The highest BCUT2D eigenvalue weighted by Gasteiger charge is 2.31. The van der Waals surface area contributed by atoms with Crippen LogP contribution in [0.3, 0.4) is 0 Å². The Morgan fingerprint density at radius 1 is 1.36 bits per heavy atom. The van der Waals surface area contributed by atoms with Crippen molar-refractivity contribution in [3.63, 3.8) is 0 Å². The van der Waals surface area contributed by atoms with Crippen LogP contribution in [0.1, 0.15) is 24.7 Å². The minimum atomic E-state index is -3.69. The van der Waals surface area contributed by atoms with Gasteiger partial charge in [0, 0.05) is 13.1 Å². The maximum absolute atomic E-state index is 12.2. The molecule has 1 N–H and O–H groups in total. The van der Waals surface area contributed by atoms with Crippen molar-refractivity contribution in [2.75, 3.05) is 25.4 Å². The van der Waals surface area contributed by atoms with Gasteiger partial charge in [0.25, 0.3) is 0 Å². The first-order chi connectivity index (χ1) is 10.4. The normalized spacial score (nSPS) is 19.1. The molecule has 3 rings (SSSR count). The van der Waals surface area contributed by atoms with E-state index in [1.165, 1.54) is 9.58 Å². The molecule has 0 unspecified atom stereocenters. The molecule has 1 aromatic rings. The molecule has 10 nitrogen and oxygen atoms in total. The van der Waals surface area contributed by atoms with Crippen molar-refractivity contribution in [2.45, 2.75) is 24.6 Å². The molecule has 0 bridgehead atoms. The summed E-state index contributed by atoms with van der Waals surface area (Å²) in [5.74, 6) is -1.61. The zero-order chi connectivity index (χ0) is 15.7. The zero-order valence-electron chi connectivity index (χ0n) is 11.8. The SMILES string of the molecule is O=C1CN(C(=O)CS(=O)(=O)Cc2nnnn2C2CC2)CCN1. The van der Waals surface area contributed by atoms with E-state index in [1.54, 1.807) is 0 Å². The molecule has 1 saturated carbocycles. The molecular formula is C11H16N6O4S. The lowest BCUT2D eigenvalue weighted by atomic mass is 10.3. The topological polar surface area (TPSA) is 127 Å². The highest BCUT2D eigenvalue weighted by atomic mass is 32.2. The molecule has 2 heterocycles. The van der Waals surface area contributed by atoms with Gasteiger partial charge >= 0.3 is 0 Å². The minimum absolute atomic E-state index is 0.103. The Morgan fingerprint density at radius 2 is 2.14 bits per heavy atom. The monoisotopic (exact) mass is 328 g/mol. The van der Waals surface area contributed by atoms with Crippen molar-refractivity contribution in [1.29, 1.82) is 0 Å². The third kappa shape index (κ3) is 3.40. The summed E-state index contributed by atoms with van der Waals surface area (Å²) in [6.07, 6.45) is 1.86. The van der Waals surface area contributed by atoms with E-state index in [9.17, 15) is 18.0 Å². The molecule has 0 spiro atoms. The van der Waals surface area contributed by atoms with E-state index >= 15 is 0 Å². The van der Waals surface area contributed by atoms with Gasteiger partial charge in [0.05, 0.1) is 12.6 Å². The van der Waals surface area contributed by atoms with E-state index < -0.39 is 21.5 Å². The number of aromatic nitrogens is 4. The molecule has 0 aromatic carbocycles. The van der Waals surface area contributed by atoms with Gasteiger partial charge in [-0.25, -0.2) is 13.1 Å². The minimum Gasteiger partial charge on any atom is -0.353 e. The van der Waals surface area contributed by atoms with Crippen molar-refractivity contribution in [3.8, 4) is 0 Å².